The number of hydrogen-bond acceptors (Lipinski definition) is 2. The van der Waals surface area contributed by atoms with Crippen LogP contribution >= 0.6 is 0 Å². The van der Waals surface area contributed by atoms with E-state index in [1.165, 1.54) is 10.9 Å². The van der Waals surface area contributed by atoms with E-state index in [2.05, 4.69) is 17.0 Å². The third-order valence-corrected chi connectivity index (χ3v) is 2.11. The Hall–Kier alpha value is -1.38. The topological polar surface area (TPSA) is 30.7 Å². The minimum Gasteiger partial charge on any atom is -0.250 e. The van der Waals surface area contributed by atoms with E-state index < -0.39 is 0 Å². The highest BCUT2D eigenvalue weighted by atomic mass is 15.3. The van der Waals surface area contributed by atoms with Crippen LogP contribution in [0.4, 0.5) is 0 Å². The van der Waals surface area contributed by atoms with Gasteiger partial charge in [-0.15, -0.1) is 0 Å². The van der Waals surface area contributed by atoms with Gasteiger partial charge in [-0.05, 0) is 25.5 Å². The fourth-order valence-electron chi connectivity index (χ4n) is 1.56. The van der Waals surface area contributed by atoms with Crippen molar-refractivity contribution in [2.45, 2.75) is 13.8 Å². The molecule has 0 spiro atoms. The summed E-state index contributed by atoms with van der Waals surface area (Å²) in [6.45, 7) is 4.09. The first kappa shape index (κ1) is 7.28. The lowest BCUT2D eigenvalue weighted by Crippen LogP contribution is -1.91. The zero-order chi connectivity index (χ0) is 8.72. The molecule has 0 saturated carbocycles. The van der Waals surface area contributed by atoms with Crippen molar-refractivity contribution in [2.24, 2.45) is 7.05 Å². The molecule has 0 amide bonds. The minimum atomic E-state index is 0.965. The van der Waals surface area contributed by atoms with E-state index in [0.29, 0.717) is 0 Å². The highest BCUT2D eigenvalue weighted by Crippen LogP contribution is 2.18. The van der Waals surface area contributed by atoms with E-state index in [1.807, 2.05) is 30.9 Å². The molecule has 0 aromatic carbocycles. The minimum absolute atomic E-state index is 0.965. The molecule has 0 bridgehead atoms. The monoisotopic (exact) mass is 161 g/mol. The van der Waals surface area contributed by atoms with Crippen molar-refractivity contribution in [3.63, 3.8) is 0 Å². The zero-order valence-corrected chi connectivity index (χ0v) is 7.50. The number of pyridine rings is 1. The van der Waals surface area contributed by atoms with Gasteiger partial charge in [-0.2, -0.15) is 5.10 Å². The van der Waals surface area contributed by atoms with Crippen LogP contribution in [-0.2, 0) is 7.05 Å². The summed E-state index contributed by atoms with van der Waals surface area (Å²) >= 11 is 0. The van der Waals surface area contributed by atoms with Crippen LogP contribution in [0.3, 0.4) is 0 Å². The van der Waals surface area contributed by atoms with Crippen LogP contribution in [0.15, 0.2) is 12.3 Å². The van der Waals surface area contributed by atoms with Crippen LogP contribution in [0, 0.1) is 13.8 Å². The van der Waals surface area contributed by atoms with Crippen LogP contribution in [-0.4, -0.2) is 14.8 Å². The lowest BCUT2D eigenvalue weighted by atomic mass is 10.2. The van der Waals surface area contributed by atoms with Gasteiger partial charge in [0.25, 0.3) is 0 Å². The molecule has 0 aliphatic heterocycles. The molecule has 3 nitrogen and oxygen atoms in total. The Morgan fingerprint density at radius 2 is 2.08 bits per heavy atom. The molecule has 0 unspecified atom stereocenters. The van der Waals surface area contributed by atoms with Crippen molar-refractivity contribution in [2.75, 3.05) is 0 Å². The number of fused-ring (bicyclic) bond motifs is 1. The van der Waals surface area contributed by atoms with E-state index in [9.17, 15) is 0 Å². The van der Waals surface area contributed by atoms with Crippen molar-refractivity contribution in [1.82, 2.24) is 14.8 Å². The number of hydrogen-bond donors (Lipinski definition) is 0. The zero-order valence-electron chi connectivity index (χ0n) is 7.50. The van der Waals surface area contributed by atoms with Crippen LogP contribution in [0.2, 0.25) is 0 Å². The first-order valence-electron chi connectivity index (χ1n) is 3.95. The standard InChI is InChI=1S/C9H11N3/c1-6-4-5-10-9-8(6)7(2)11-12(9)3/h4-5H,1-3H3. The van der Waals surface area contributed by atoms with Crippen molar-refractivity contribution in [3.05, 3.63) is 23.5 Å². The Morgan fingerprint density at radius 3 is 2.75 bits per heavy atom. The number of aromatic nitrogens is 3. The Bertz CT molecular complexity index is 429. The molecule has 2 aromatic rings. The molecule has 62 valence electrons. The third-order valence-electron chi connectivity index (χ3n) is 2.11. The van der Waals surface area contributed by atoms with Crippen molar-refractivity contribution in [3.8, 4) is 0 Å². The lowest BCUT2D eigenvalue weighted by Gasteiger charge is -1.94. The molecule has 3 heteroatoms. The van der Waals surface area contributed by atoms with Crippen LogP contribution < -0.4 is 0 Å². The van der Waals surface area contributed by atoms with E-state index >= 15 is 0 Å². The molecule has 0 saturated heterocycles. The predicted octanol–water partition coefficient (Wildman–Crippen LogP) is 1.59. The van der Waals surface area contributed by atoms with E-state index in [-0.39, 0.29) is 0 Å². The van der Waals surface area contributed by atoms with Crippen LogP contribution in [0.5, 0.6) is 0 Å². The van der Waals surface area contributed by atoms with Crippen molar-refractivity contribution >= 4 is 11.0 Å². The first-order chi connectivity index (χ1) is 5.70. The quantitative estimate of drug-likeness (QED) is 0.587. The Labute approximate surface area is 71.0 Å². The molecular weight excluding hydrogens is 150 g/mol. The predicted molar refractivity (Wildman–Crippen MR) is 48.0 cm³/mol. The summed E-state index contributed by atoms with van der Waals surface area (Å²) in [6, 6.07) is 2.01. The summed E-state index contributed by atoms with van der Waals surface area (Å²) in [5, 5.41) is 5.49. The fraction of sp³-hybridized carbons (Fsp3) is 0.333. The molecule has 0 fully saturated rings. The molecular formula is C9H11N3. The average Bonchev–Trinajstić information content (AvgIpc) is 2.29. The Balaban J connectivity index is 2.99. The highest BCUT2D eigenvalue weighted by Gasteiger charge is 2.06. The summed E-state index contributed by atoms with van der Waals surface area (Å²) < 4.78 is 1.82. The first-order valence-corrected chi connectivity index (χ1v) is 3.95. The normalized spacial score (nSPS) is 10.9. The van der Waals surface area contributed by atoms with E-state index in [0.717, 1.165) is 11.3 Å². The van der Waals surface area contributed by atoms with Gasteiger partial charge in [0.05, 0.1) is 5.69 Å². The third kappa shape index (κ3) is 0.826. The molecule has 0 N–H and O–H groups in total. The van der Waals surface area contributed by atoms with Gasteiger partial charge in [-0.1, -0.05) is 0 Å². The van der Waals surface area contributed by atoms with Gasteiger partial charge < -0.3 is 0 Å². The van der Waals surface area contributed by atoms with Gasteiger partial charge in [0.1, 0.15) is 0 Å². The lowest BCUT2D eigenvalue weighted by molar-refractivity contribution is 0.774. The highest BCUT2D eigenvalue weighted by molar-refractivity contribution is 5.81. The summed E-state index contributed by atoms with van der Waals surface area (Å²) in [5.41, 5.74) is 3.26. The number of nitrogens with zero attached hydrogens (tertiary/aromatic N) is 3. The smallest absolute Gasteiger partial charge is 0.157 e. The van der Waals surface area contributed by atoms with E-state index in [1.54, 1.807) is 0 Å². The maximum atomic E-state index is 4.31. The van der Waals surface area contributed by atoms with E-state index in [4.69, 9.17) is 0 Å². The number of aryl methyl sites for hydroxylation is 3. The molecule has 0 radical (unpaired) electrons. The second-order valence-corrected chi connectivity index (χ2v) is 3.04. The second-order valence-electron chi connectivity index (χ2n) is 3.04. The van der Waals surface area contributed by atoms with Gasteiger partial charge >= 0.3 is 0 Å². The molecule has 2 aromatic heterocycles. The Morgan fingerprint density at radius 1 is 1.33 bits per heavy atom. The van der Waals surface area contributed by atoms with Gasteiger partial charge in [0, 0.05) is 18.6 Å². The largest absolute Gasteiger partial charge is 0.250 e. The molecule has 0 atom stereocenters. The SMILES string of the molecule is Cc1ccnc2c1c(C)nn2C. The summed E-state index contributed by atoms with van der Waals surface area (Å²) in [7, 11) is 1.92. The van der Waals surface area contributed by atoms with Crippen LogP contribution in [0.1, 0.15) is 11.3 Å². The number of rotatable bonds is 0. The summed E-state index contributed by atoms with van der Waals surface area (Å²) in [6.07, 6.45) is 1.82. The average molecular weight is 161 g/mol. The molecule has 0 aliphatic carbocycles. The Kier molecular flexibility index (Phi) is 1.40. The van der Waals surface area contributed by atoms with Gasteiger partial charge in [-0.3, -0.25) is 4.68 Å². The van der Waals surface area contributed by atoms with Gasteiger partial charge in [0.15, 0.2) is 5.65 Å². The maximum Gasteiger partial charge on any atom is 0.157 e. The second kappa shape index (κ2) is 2.30. The van der Waals surface area contributed by atoms with Crippen molar-refractivity contribution < 1.29 is 0 Å². The van der Waals surface area contributed by atoms with Gasteiger partial charge in [0.2, 0.25) is 0 Å². The molecule has 0 aliphatic rings. The van der Waals surface area contributed by atoms with Crippen LogP contribution in [0.25, 0.3) is 11.0 Å². The maximum absolute atomic E-state index is 4.31. The van der Waals surface area contributed by atoms with Crippen molar-refractivity contribution in [1.29, 1.82) is 0 Å². The molecule has 12 heavy (non-hydrogen) atoms. The molecule has 2 heterocycles. The summed E-state index contributed by atoms with van der Waals surface area (Å²) in [5.74, 6) is 0. The molecule has 2 rings (SSSR count). The fourth-order valence-corrected chi connectivity index (χ4v) is 1.56. The summed E-state index contributed by atoms with van der Waals surface area (Å²) in [4.78, 5) is 4.26. The van der Waals surface area contributed by atoms with Gasteiger partial charge in [-0.25, -0.2) is 4.98 Å².